The van der Waals surface area contributed by atoms with E-state index in [4.69, 9.17) is 0 Å². The average Bonchev–Trinajstić information content (AvgIpc) is 2.94. The lowest BCUT2D eigenvalue weighted by atomic mass is 10.2. The van der Waals surface area contributed by atoms with E-state index in [0.717, 1.165) is 17.1 Å². The second kappa shape index (κ2) is 4.75. The molecule has 3 nitrogen and oxygen atoms in total. The highest BCUT2D eigenvalue weighted by Crippen LogP contribution is 2.19. The van der Waals surface area contributed by atoms with Gasteiger partial charge < -0.3 is 9.88 Å². The highest BCUT2D eigenvalue weighted by atomic mass is 15.0. The molecule has 0 fully saturated rings. The molecule has 0 atom stereocenters. The lowest BCUT2D eigenvalue weighted by molar-refractivity contribution is 1.06. The third kappa shape index (κ3) is 2.25. The van der Waals surface area contributed by atoms with Crippen LogP contribution in [0.25, 0.3) is 5.69 Å². The predicted octanol–water partition coefficient (Wildman–Crippen LogP) is 3.62. The number of hydrogen-bond donors (Lipinski definition) is 1. The van der Waals surface area contributed by atoms with Gasteiger partial charge in [-0.25, -0.2) is 4.98 Å². The van der Waals surface area contributed by atoms with Crippen molar-refractivity contribution in [2.24, 2.45) is 0 Å². The van der Waals surface area contributed by atoms with Crippen LogP contribution in [0, 0.1) is 0 Å². The zero-order valence-corrected chi connectivity index (χ0v) is 9.82. The van der Waals surface area contributed by atoms with Crippen molar-refractivity contribution in [3.05, 3.63) is 73.3 Å². The summed E-state index contributed by atoms with van der Waals surface area (Å²) in [5.74, 6) is 0. The summed E-state index contributed by atoms with van der Waals surface area (Å²) in [6.45, 7) is 0. The van der Waals surface area contributed by atoms with Crippen LogP contribution in [-0.4, -0.2) is 9.55 Å². The van der Waals surface area contributed by atoms with Crippen LogP contribution in [0.3, 0.4) is 0 Å². The summed E-state index contributed by atoms with van der Waals surface area (Å²) in [7, 11) is 0. The Labute approximate surface area is 106 Å². The maximum Gasteiger partial charge on any atom is 0.0991 e. The van der Waals surface area contributed by atoms with Crippen LogP contribution in [0.2, 0.25) is 0 Å². The molecule has 1 heterocycles. The summed E-state index contributed by atoms with van der Waals surface area (Å²) < 4.78 is 1.98. The summed E-state index contributed by atoms with van der Waals surface area (Å²) >= 11 is 0. The molecule has 3 rings (SSSR count). The Kier molecular flexibility index (Phi) is 2.80. The quantitative estimate of drug-likeness (QED) is 0.751. The lowest BCUT2D eigenvalue weighted by Gasteiger charge is -2.08. The smallest absolute Gasteiger partial charge is 0.0991 e. The van der Waals surface area contributed by atoms with Crippen molar-refractivity contribution in [1.29, 1.82) is 0 Å². The Morgan fingerprint density at radius 3 is 2.50 bits per heavy atom. The van der Waals surface area contributed by atoms with Gasteiger partial charge in [0.05, 0.1) is 6.33 Å². The molecule has 88 valence electrons. The van der Waals surface area contributed by atoms with E-state index >= 15 is 0 Å². The molecule has 1 N–H and O–H groups in total. The Bertz CT molecular complexity index is 615. The standard InChI is InChI=1S/C15H13N3/c1-2-5-13(6-3-1)17-14-7-4-8-15(11-14)18-10-9-16-12-18/h1-12,17H. The van der Waals surface area contributed by atoms with Gasteiger partial charge in [0.1, 0.15) is 0 Å². The van der Waals surface area contributed by atoms with Gasteiger partial charge in [-0.1, -0.05) is 24.3 Å². The molecule has 0 amide bonds. The van der Waals surface area contributed by atoms with Crippen molar-refractivity contribution in [3.63, 3.8) is 0 Å². The summed E-state index contributed by atoms with van der Waals surface area (Å²) in [5.41, 5.74) is 3.24. The van der Waals surface area contributed by atoms with E-state index in [0.29, 0.717) is 0 Å². The van der Waals surface area contributed by atoms with Crippen LogP contribution in [0.5, 0.6) is 0 Å². The van der Waals surface area contributed by atoms with Gasteiger partial charge in [0.15, 0.2) is 0 Å². The van der Waals surface area contributed by atoms with Gasteiger partial charge in [-0.2, -0.15) is 0 Å². The first kappa shape index (κ1) is 10.6. The molecule has 1 aromatic heterocycles. The van der Waals surface area contributed by atoms with Crippen LogP contribution in [0.15, 0.2) is 73.3 Å². The van der Waals surface area contributed by atoms with Crippen molar-refractivity contribution < 1.29 is 0 Å². The van der Waals surface area contributed by atoms with Gasteiger partial charge in [0, 0.05) is 29.5 Å². The average molecular weight is 235 g/mol. The SMILES string of the molecule is c1ccc(Nc2cccc(-n3ccnc3)c2)cc1. The maximum absolute atomic E-state index is 4.05. The molecule has 0 aliphatic rings. The third-order valence-corrected chi connectivity index (χ3v) is 2.71. The Balaban J connectivity index is 1.88. The molecule has 0 aliphatic heterocycles. The van der Waals surface area contributed by atoms with E-state index in [1.807, 2.05) is 53.2 Å². The number of benzene rings is 2. The minimum absolute atomic E-state index is 1.06. The third-order valence-electron chi connectivity index (χ3n) is 2.71. The van der Waals surface area contributed by atoms with Gasteiger partial charge in [0.25, 0.3) is 0 Å². The summed E-state index contributed by atoms with van der Waals surface area (Å²) in [4.78, 5) is 4.05. The van der Waals surface area contributed by atoms with E-state index in [1.54, 1.807) is 12.5 Å². The van der Waals surface area contributed by atoms with Crippen LogP contribution in [-0.2, 0) is 0 Å². The zero-order chi connectivity index (χ0) is 12.2. The van der Waals surface area contributed by atoms with E-state index < -0.39 is 0 Å². The first-order chi connectivity index (χ1) is 8.92. The highest BCUT2D eigenvalue weighted by Gasteiger charge is 1.98. The van der Waals surface area contributed by atoms with Crippen molar-refractivity contribution in [2.45, 2.75) is 0 Å². The van der Waals surface area contributed by atoms with E-state index in [1.165, 1.54) is 0 Å². The maximum atomic E-state index is 4.05. The lowest BCUT2D eigenvalue weighted by Crippen LogP contribution is -1.93. The fourth-order valence-electron chi connectivity index (χ4n) is 1.84. The van der Waals surface area contributed by atoms with Gasteiger partial charge >= 0.3 is 0 Å². The van der Waals surface area contributed by atoms with Crippen molar-refractivity contribution in [1.82, 2.24) is 9.55 Å². The molecule has 0 aliphatic carbocycles. The van der Waals surface area contributed by atoms with Crippen molar-refractivity contribution >= 4 is 11.4 Å². The van der Waals surface area contributed by atoms with Gasteiger partial charge in [-0.05, 0) is 30.3 Å². The van der Waals surface area contributed by atoms with Crippen molar-refractivity contribution in [2.75, 3.05) is 5.32 Å². The summed E-state index contributed by atoms with van der Waals surface area (Å²) in [6, 6.07) is 18.4. The second-order valence-corrected chi connectivity index (χ2v) is 4.01. The van der Waals surface area contributed by atoms with Gasteiger partial charge in [-0.15, -0.1) is 0 Å². The Morgan fingerprint density at radius 1 is 0.889 bits per heavy atom. The van der Waals surface area contributed by atoms with Gasteiger partial charge in [0.2, 0.25) is 0 Å². The first-order valence-corrected chi connectivity index (χ1v) is 5.82. The fraction of sp³-hybridized carbons (Fsp3) is 0. The van der Waals surface area contributed by atoms with E-state index in [2.05, 4.69) is 22.4 Å². The number of anilines is 2. The van der Waals surface area contributed by atoms with Crippen LogP contribution in [0.4, 0.5) is 11.4 Å². The Morgan fingerprint density at radius 2 is 1.72 bits per heavy atom. The molecule has 0 bridgehead atoms. The summed E-state index contributed by atoms with van der Waals surface area (Å²) in [5, 5.41) is 3.37. The van der Waals surface area contributed by atoms with Crippen molar-refractivity contribution in [3.8, 4) is 5.69 Å². The largest absolute Gasteiger partial charge is 0.355 e. The molecular weight excluding hydrogens is 222 g/mol. The van der Waals surface area contributed by atoms with Gasteiger partial charge in [-0.3, -0.25) is 0 Å². The minimum atomic E-state index is 1.06. The summed E-state index contributed by atoms with van der Waals surface area (Å²) in [6.07, 6.45) is 5.50. The molecular formula is C15H13N3. The number of nitrogens with zero attached hydrogens (tertiary/aromatic N) is 2. The molecule has 0 saturated heterocycles. The number of imidazole rings is 1. The molecule has 0 unspecified atom stereocenters. The fourth-order valence-corrected chi connectivity index (χ4v) is 1.84. The monoisotopic (exact) mass is 235 g/mol. The Hall–Kier alpha value is -2.55. The number of aromatic nitrogens is 2. The molecule has 3 aromatic rings. The minimum Gasteiger partial charge on any atom is -0.355 e. The topological polar surface area (TPSA) is 29.9 Å². The number of rotatable bonds is 3. The number of nitrogens with one attached hydrogen (secondary N) is 1. The van der Waals surface area contributed by atoms with Crippen LogP contribution < -0.4 is 5.32 Å². The highest BCUT2D eigenvalue weighted by molar-refractivity contribution is 5.61. The molecule has 18 heavy (non-hydrogen) atoms. The molecule has 0 spiro atoms. The normalized spacial score (nSPS) is 10.2. The molecule has 0 radical (unpaired) electrons. The number of hydrogen-bond acceptors (Lipinski definition) is 2. The molecule has 0 saturated carbocycles. The zero-order valence-electron chi connectivity index (χ0n) is 9.82. The first-order valence-electron chi connectivity index (χ1n) is 5.82. The number of para-hydroxylation sites is 1. The van der Waals surface area contributed by atoms with Crippen LogP contribution >= 0.6 is 0 Å². The van der Waals surface area contributed by atoms with E-state index in [9.17, 15) is 0 Å². The molecule has 3 heteroatoms. The predicted molar refractivity (Wildman–Crippen MR) is 73.3 cm³/mol. The van der Waals surface area contributed by atoms with E-state index in [-0.39, 0.29) is 0 Å². The molecule has 2 aromatic carbocycles. The van der Waals surface area contributed by atoms with Crippen LogP contribution in [0.1, 0.15) is 0 Å². The second-order valence-electron chi connectivity index (χ2n) is 4.01.